The van der Waals surface area contributed by atoms with Gasteiger partial charge in [0.2, 0.25) is 10.0 Å². The number of methoxy groups -OCH3 is 1. The lowest BCUT2D eigenvalue weighted by atomic mass is 10.3. The lowest BCUT2D eigenvalue weighted by molar-refractivity contribution is 0.149. The molecule has 2 heterocycles. The van der Waals surface area contributed by atoms with Gasteiger partial charge in [-0.15, -0.1) is 0 Å². The molecule has 2 saturated heterocycles. The third-order valence-electron chi connectivity index (χ3n) is 4.72. The Hall–Kier alpha value is -1.80. The van der Waals surface area contributed by atoms with Crippen LogP contribution in [0.15, 0.2) is 29.2 Å². The van der Waals surface area contributed by atoms with E-state index in [0.29, 0.717) is 18.8 Å². The Bertz CT molecular complexity index is 699. The summed E-state index contributed by atoms with van der Waals surface area (Å²) in [6.07, 6.45) is 1.55. The standard InChI is InChI=1S/C16H23N3O4S/c1-13-18(16(20)17-9-3-4-10-17)11-12-19(13)24(21,22)15-7-5-14(23-2)6-8-15/h5-8,13H,3-4,9-12H2,1-2H3/t13-/m0/s1. The van der Waals surface area contributed by atoms with Crippen LogP contribution in [0.25, 0.3) is 0 Å². The van der Waals surface area contributed by atoms with Gasteiger partial charge in [0, 0.05) is 26.2 Å². The fourth-order valence-electron chi connectivity index (χ4n) is 3.29. The van der Waals surface area contributed by atoms with E-state index in [9.17, 15) is 13.2 Å². The van der Waals surface area contributed by atoms with Crippen LogP contribution in [0.2, 0.25) is 0 Å². The average Bonchev–Trinajstić information content (AvgIpc) is 3.24. The number of rotatable bonds is 3. The van der Waals surface area contributed by atoms with Gasteiger partial charge < -0.3 is 14.5 Å². The lowest BCUT2D eigenvalue weighted by Crippen LogP contribution is -2.47. The first kappa shape index (κ1) is 17.0. The second kappa shape index (κ2) is 6.60. The van der Waals surface area contributed by atoms with Gasteiger partial charge in [0.1, 0.15) is 5.75 Å². The number of hydrogen-bond acceptors (Lipinski definition) is 4. The number of urea groups is 1. The summed E-state index contributed by atoms with van der Waals surface area (Å²) in [5.41, 5.74) is 0. The van der Waals surface area contributed by atoms with E-state index in [0.717, 1.165) is 25.9 Å². The Morgan fingerprint density at radius 2 is 1.71 bits per heavy atom. The van der Waals surface area contributed by atoms with Gasteiger partial charge in [-0.1, -0.05) is 0 Å². The number of hydrogen-bond donors (Lipinski definition) is 0. The largest absolute Gasteiger partial charge is 0.497 e. The highest BCUT2D eigenvalue weighted by molar-refractivity contribution is 7.89. The smallest absolute Gasteiger partial charge is 0.321 e. The number of benzene rings is 1. The van der Waals surface area contributed by atoms with Crippen LogP contribution in [0.1, 0.15) is 19.8 Å². The summed E-state index contributed by atoms with van der Waals surface area (Å²) in [6, 6.07) is 6.26. The van der Waals surface area contributed by atoms with E-state index in [2.05, 4.69) is 0 Å². The molecule has 2 aliphatic heterocycles. The van der Waals surface area contributed by atoms with Gasteiger partial charge in [0.15, 0.2) is 0 Å². The molecule has 132 valence electrons. The molecule has 0 spiro atoms. The maximum absolute atomic E-state index is 12.9. The minimum atomic E-state index is -3.64. The molecule has 8 heteroatoms. The summed E-state index contributed by atoms with van der Waals surface area (Å²) >= 11 is 0. The van der Waals surface area contributed by atoms with E-state index in [4.69, 9.17) is 4.74 Å². The van der Waals surface area contributed by atoms with Crippen LogP contribution in [0, 0.1) is 0 Å². The zero-order valence-electron chi connectivity index (χ0n) is 14.0. The van der Waals surface area contributed by atoms with Gasteiger partial charge in [-0.2, -0.15) is 4.31 Å². The van der Waals surface area contributed by atoms with Gasteiger partial charge in [0.05, 0.1) is 18.2 Å². The van der Waals surface area contributed by atoms with Crippen LogP contribution in [0.3, 0.4) is 0 Å². The van der Waals surface area contributed by atoms with Crippen molar-refractivity contribution in [3.8, 4) is 5.75 Å². The van der Waals surface area contributed by atoms with Crippen molar-refractivity contribution < 1.29 is 17.9 Å². The third kappa shape index (κ3) is 2.95. The van der Waals surface area contributed by atoms with Gasteiger partial charge in [0.25, 0.3) is 0 Å². The predicted molar refractivity (Wildman–Crippen MR) is 89.3 cm³/mol. The van der Waals surface area contributed by atoms with Crippen LogP contribution in [-0.2, 0) is 10.0 Å². The number of likely N-dealkylation sites (tertiary alicyclic amines) is 1. The van der Waals surface area contributed by atoms with Gasteiger partial charge in [-0.3, -0.25) is 0 Å². The molecule has 2 amide bonds. The van der Waals surface area contributed by atoms with Gasteiger partial charge in [-0.05, 0) is 44.0 Å². The highest BCUT2D eigenvalue weighted by Crippen LogP contribution is 2.26. The van der Waals surface area contributed by atoms with E-state index >= 15 is 0 Å². The number of carbonyl (C=O) groups excluding carboxylic acids is 1. The van der Waals surface area contributed by atoms with E-state index in [1.54, 1.807) is 28.9 Å². The van der Waals surface area contributed by atoms with E-state index in [1.807, 2.05) is 0 Å². The lowest BCUT2D eigenvalue weighted by Gasteiger charge is -2.29. The molecule has 0 saturated carbocycles. The van der Waals surface area contributed by atoms with Crippen molar-refractivity contribution in [1.29, 1.82) is 0 Å². The van der Waals surface area contributed by atoms with Crippen LogP contribution in [0.4, 0.5) is 4.79 Å². The first-order valence-electron chi connectivity index (χ1n) is 8.16. The van der Waals surface area contributed by atoms with Crippen molar-refractivity contribution >= 4 is 16.1 Å². The van der Waals surface area contributed by atoms with Crippen molar-refractivity contribution in [3.63, 3.8) is 0 Å². The van der Waals surface area contributed by atoms with Crippen molar-refractivity contribution in [2.24, 2.45) is 0 Å². The Morgan fingerprint density at radius 3 is 2.29 bits per heavy atom. The zero-order valence-corrected chi connectivity index (χ0v) is 14.8. The van der Waals surface area contributed by atoms with Gasteiger partial charge >= 0.3 is 6.03 Å². The van der Waals surface area contributed by atoms with E-state index in [1.165, 1.54) is 23.5 Å². The second-order valence-electron chi connectivity index (χ2n) is 6.09. The molecule has 7 nitrogen and oxygen atoms in total. The predicted octanol–water partition coefficient (Wildman–Crippen LogP) is 1.56. The summed E-state index contributed by atoms with van der Waals surface area (Å²) in [6.45, 7) is 4.02. The van der Waals surface area contributed by atoms with Crippen LogP contribution >= 0.6 is 0 Å². The fourth-order valence-corrected chi connectivity index (χ4v) is 4.87. The Balaban J connectivity index is 1.77. The SMILES string of the molecule is COc1ccc(S(=O)(=O)N2CCN(C(=O)N3CCCC3)[C@@H]2C)cc1. The van der Waals surface area contributed by atoms with Crippen LogP contribution < -0.4 is 4.74 Å². The molecule has 3 rings (SSSR count). The van der Waals surface area contributed by atoms with Crippen molar-refractivity contribution in [2.75, 3.05) is 33.3 Å². The molecule has 0 unspecified atom stereocenters. The highest BCUT2D eigenvalue weighted by atomic mass is 32.2. The quantitative estimate of drug-likeness (QED) is 0.827. The molecule has 24 heavy (non-hydrogen) atoms. The number of nitrogens with zero attached hydrogens (tertiary/aromatic N) is 3. The molecule has 1 aromatic rings. The topological polar surface area (TPSA) is 70.2 Å². The summed E-state index contributed by atoms with van der Waals surface area (Å²) < 4.78 is 32.2. The fraction of sp³-hybridized carbons (Fsp3) is 0.562. The normalized spacial score (nSPS) is 22.2. The Morgan fingerprint density at radius 1 is 1.08 bits per heavy atom. The summed E-state index contributed by atoms with van der Waals surface area (Å²) in [5.74, 6) is 0.606. The summed E-state index contributed by atoms with van der Waals surface area (Å²) in [4.78, 5) is 16.2. The number of ether oxygens (including phenoxy) is 1. The number of carbonyl (C=O) groups is 1. The molecule has 2 fully saturated rings. The monoisotopic (exact) mass is 353 g/mol. The minimum absolute atomic E-state index is 0.0626. The molecule has 0 bridgehead atoms. The molecule has 1 aromatic carbocycles. The number of amides is 2. The molecule has 2 aliphatic rings. The van der Waals surface area contributed by atoms with E-state index in [-0.39, 0.29) is 10.9 Å². The maximum atomic E-state index is 12.9. The summed E-state index contributed by atoms with van der Waals surface area (Å²) in [7, 11) is -2.10. The molecule has 1 atom stereocenters. The highest BCUT2D eigenvalue weighted by Gasteiger charge is 2.41. The summed E-state index contributed by atoms with van der Waals surface area (Å²) in [5, 5.41) is 0. The molecule has 0 aromatic heterocycles. The minimum Gasteiger partial charge on any atom is -0.497 e. The molecule has 0 aliphatic carbocycles. The average molecular weight is 353 g/mol. The number of sulfonamides is 1. The maximum Gasteiger partial charge on any atom is 0.321 e. The van der Waals surface area contributed by atoms with E-state index < -0.39 is 16.2 Å². The van der Waals surface area contributed by atoms with Crippen LogP contribution in [-0.4, -0.2) is 68.0 Å². The molecule has 0 radical (unpaired) electrons. The molecule has 0 N–H and O–H groups in total. The van der Waals surface area contributed by atoms with Crippen molar-refractivity contribution in [1.82, 2.24) is 14.1 Å². The van der Waals surface area contributed by atoms with Crippen molar-refractivity contribution in [3.05, 3.63) is 24.3 Å². The first-order valence-corrected chi connectivity index (χ1v) is 9.60. The van der Waals surface area contributed by atoms with Gasteiger partial charge in [-0.25, -0.2) is 13.2 Å². The zero-order chi connectivity index (χ0) is 17.3. The second-order valence-corrected chi connectivity index (χ2v) is 7.98. The molecular formula is C16H23N3O4S. The van der Waals surface area contributed by atoms with Crippen molar-refractivity contribution in [2.45, 2.75) is 30.8 Å². The third-order valence-corrected chi connectivity index (χ3v) is 6.69. The molecular weight excluding hydrogens is 330 g/mol. The van der Waals surface area contributed by atoms with Crippen LogP contribution in [0.5, 0.6) is 5.75 Å². The first-order chi connectivity index (χ1) is 11.4. The Labute approximate surface area is 142 Å². The Kier molecular flexibility index (Phi) is 4.69.